The highest BCUT2D eigenvalue weighted by atomic mass is 16.2. The Morgan fingerprint density at radius 3 is 2.46 bits per heavy atom. The van der Waals surface area contributed by atoms with Crippen molar-refractivity contribution >= 4 is 11.8 Å². The molecule has 2 aromatic carbocycles. The lowest BCUT2D eigenvalue weighted by molar-refractivity contribution is -0.132. The molecule has 0 N–H and O–H groups in total. The van der Waals surface area contributed by atoms with Crippen LogP contribution in [0.25, 0.3) is 11.1 Å². The average Bonchev–Trinajstić information content (AvgIpc) is 2.96. The maximum atomic E-state index is 12.7. The van der Waals surface area contributed by atoms with Gasteiger partial charge in [0.1, 0.15) is 0 Å². The van der Waals surface area contributed by atoms with Crippen molar-refractivity contribution in [1.29, 1.82) is 0 Å². The summed E-state index contributed by atoms with van der Waals surface area (Å²) >= 11 is 0. The van der Waals surface area contributed by atoms with Crippen LogP contribution < -0.4 is 0 Å². The molecule has 0 radical (unpaired) electrons. The van der Waals surface area contributed by atoms with E-state index in [0.29, 0.717) is 31.3 Å². The topological polar surface area (TPSA) is 40.6 Å². The Kier molecular flexibility index (Phi) is 4.49. The monoisotopic (exact) mass is 348 g/mol. The maximum absolute atomic E-state index is 12.7. The Labute approximate surface area is 154 Å². The van der Waals surface area contributed by atoms with Crippen molar-refractivity contribution in [2.75, 3.05) is 20.1 Å². The average molecular weight is 348 g/mol. The molecular formula is C22H24N2O2. The third-order valence-electron chi connectivity index (χ3n) is 5.79. The fraction of sp³-hybridized carbons (Fsp3) is 0.364. The molecule has 134 valence electrons. The summed E-state index contributed by atoms with van der Waals surface area (Å²) in [5, 5.41) is 0. The summed E-state index contributed by atoms with van der Waals surface area (Å²) < 4.78 is 0. The molecule has 0 spiro atoms. The van der Waals surface area contributed by atoms with Crippen LogP contribution in [0.15, 0.2) is 54.6 Å². The second kappa shape index (κ2) is 6.94. The molecule has 4 heteroatoms. The van der Waals surface area contributed by atoms with Crippen molar-refractivity contribution < 1.29 is 9.59 Å². The number of likely N-dealkylation sites (tertiary alicyclic amines) is 2. The number of fused-ring (bicyclic) bond motifs is 1. The molecule has 2 amide bonds. The molecule has 2 heterocycles. The zero-order valence-corrected chi connectivity index (χ0v) is 15.1. The second-order valence-corrected chi connectivity index (χ2v) is 7.40. The van der Waals surface area contributed by atoms with Crippen LogP contribution in [0.4, 0.5) is 0 Å². The standard InChI is InChI=1S/C22H24N2O2/c1-23-20-11-12-24(15-19(20)14-21(23)25)22(26)13-16-7-9-18(10-8-16)17-5-3-2-4-6-17/h2-10,19-20H,11-15H2,1H3/t19-,20+/m1/s1. The van der Waals surface area contributed by atoms with E-state index in [-0.39, 0.29) is 11.8 Å². The van der Waals surface area contributed by atoms with Crippen molar-refractivity contribution in [3.63, 3.8) is 0 Å². The summed E-state index contributed by atoms with van der Waals surface area (Å²) in [6.07, 6.45) is 1.90. The van der Waals surface area contributed by atoms with E-state index in [1.165, 1.54) is 5.56 Å². The van der Waals surface area contributed by atoms with Gasteiger partial charge in [-0.25, -0.2) is 0 Å². The molecule has 26 heavy (non-hydrogen) atoms. The molecule has 4 nitrogen and oxygen atoms in total. The number of piperidine rings is 1. The van der Waals surface area contributed by atoms with Gasteiger partial charge in [-0.15, -0.1) is 0 Å². The normalized spacial score (nSPS) is 22.4. The highest BCUT2D eigenvalue weighted by Crippen LogP contribution is 2.31. The second-order valence-electron chi connectivity index (χ2n) is 7.40. The molecule has 0 unspecified atom stereocenters. The lowest BCUT2D eigenvalue weighted by Crippen LogP contribution is -2.47. The fourth-order valence-corrected chi connectivity index (χ4v) is 4.24. The molecule has 2 atom stereocenters. The number of hydrogen-bond acceptors (Lipinski definition) is 2. The largest absolute Gasteiger partial charge is 0.342 e. The number of carbonyl (C=O) groups is 2. The van der Waals surface area contributed by atoms with Crippen molar-refractivity contribution in [2.24, 2.45) is 5.92 Å². The van der Waals surface area contributed by atoms with Crippen molar-refractivity contribution in [3.8, 4) is 11.1 Å². The first kappa shape index (κ1) is 16.8. The third kappa shape index (κ3) is 3.24. The van der Waals surface area contributed by atoms with Crippen molar-refractivity contribution in [3.05, 3.63) is 60.2 Å². The summed E-state index contributed by atoms with van der Waals surface area (Å²) in [5.74, 6) is 0.675. The van der Waals surface area contributed by atoms with Crippen LogP contribution in [-0.4, -0.2) is 47.8 Å². The predicted molar refractivity (Wildman–Crippen MR) is 101 cm³/mol. The van der Waals surface area contributed by atoms with Gasteiger partial charge >= 0.3 is 0 Å². The number of rotatable bonds is 3. The molecule has 2 fully saturated rings. The Morgan fingerprint density at radius 1 is 1.04 bits per heavy atom. The van der Waals surface area contributed by atoms with Crippen LogP contribution in [0.2, 0.25) is 0 Å². The Bertz CT molecular complexity index is 801. The maximum Gasteiger partial charge on any atom is 0.227 e. The molecule has 2 aliphatic heterocycles. The Balaban J connectivity index is 1.39. The predicted octanol–water partition coefficient (Wildman–Crippen LogP) is 2.98. The number of benzene rings is 2. The van der Waals surface area contributed by atoms with Crippen LogP contribution in [0.1, 0.15) is 18.4 Å². The van der Waals surface area contributed by atoms with Crippen molar-refractivity contribution in [1.82, 2.24) is 9.80 Å². The van der Waals surface area contributed by atoms with Crippen LogP contribution in [0, 0.1) is 5.92 Å². The fourth-order valence-electron chi connectivity index (χ4n) is 4.24. The van der Waals surface area contributed by atoms with Gasteiger partial charge in [-0.05, 0) is 23.1 Å². The first-order valence-corrected chi connectivity index (χ1v) is 9.29. The van der Waals surface area contributed by atoms with E-state index in [9.17, 15) is 9.59 Å². The lowest BCUT2D eigenvalue weighted by Gasteiger charge is -2.36. The van der Waals surface area contributed by atoms with E-state index in [0.717, 1.165) is 24.1 Å². The SMILES string of the molecule is CN1C(=O)C[C@@H]2CN(C(=O)Cc3ccc(-c4ccccc4)cc3)CC[C@@H]21. The Morgan fingerprint density at radius 2 is 1.73 bits per heavy atom. The van der Waals surface area contributed by atoms with Gasteiger partial charge in [0.15, 0.2) is 0 Å². The van der Waals surface area contributed by atoms with Crippen LogP contribution in [0.5, 0.6) is 0 Å². The number of nitrogens with zero attached hydrogens (tertiary/aromatic N) is 2. The van der Waals surface area contributed by atoms with E-state index in [2.05, 4.69) is 24.3 Å². The summed E-state index contributed by atoms with van der Waals surface area (Å²) in [6, 6.07) is 18.8. The van der Waals surface area contributed by atoms with E-state index in [1.54, 1.807) is 0 Å². The smallest absolute Gasteiger partial charge is 0.227 e. The van der Waals surface area contributed by atoms with Gasteiger partial charge in [-0.2, -0.15) is 0 Å². The summed E-state index contributed by atoms with van der Waals surface area (Å²) in [5.41, 5.74) is 3.38. The molecular weight excluding hydrogens is 324 g/mol. The first-order valence-electron chi connectivity index (χ1n) is 9.29. The van der Waals surface area contributed by atoms with Crippen LogP contribution in [0.3, 0.4) is 0 Å². The van der Waals surface area contributed by atoms with Crippen molar-refractivity contribution in [2.45, 2.75) is 25.3 Å². The highest BCUT2D eigenvalue weighted by Gasteiger charge is 2.41. The highest BCUT2D eigenvalue weighted by molar-refractivity contribution is 5.81. The zero-order valence-electron chi connectivity index (χ0n) is 15.1. The molecule has 0 aromatic heterocycles. The molecule has 2 saturated heterocycles. The minimum Gasteiger partial charge on any atom is -0.342 e. The minimum absolute atomic E-state index is 0.165. The zero-order chi connectivity index (χ0) is 18.1. The van der Waals surface area contributed by atoms with E-state index < -0.39 is 0 Å². The summed E-state index contributed by atoms with van der Waals surface area (Å²) in [7, 11) is 1.89. The molecule has 2 aliphatic rings. The van der Waals surface area contributed by atoms with Gasteiger partial charge in [-0.1, -0.05) is 54.6 Å². The van der Waals surface area contributed by atoms with Gasteiger partial charge in [0.05, 0.1) is 6.42 Å². The number of amides is 2. The molecule has 0 aliphatic carbocycles. The number of carbonyl (C=O) groups excluding carboxylic acids is 2. The molecule has 2 aromatic rings. The Hall–Kier alpha value is -2.62. The van der Waals surface area contributed by atoms with Gasteiger partial charge < -0.3 is 9.80 Å². The van der Waals surface area contributed by atoms with Gasteiger partial charge in [0, 0.05) is 38.5 Å². The van der Waals surface area contributed by atoms with Crippen LogP contribution >= 0.6 is 0 Å². The quantitative estimate of drug-likeness (QED) is 0.856. The van der Waals surface area contributed by atoms with E-state index in [4.69, 9.17) is 0 Å². The minimum atomic E-state index is 0.165. The van der Waals surface area contributed by atoms with Gasteiger partial charge in [0.25, 0.3) is 0 Å². The molecule has 0 bridgehead atoms. The molecule has 0 saturated carbocycles. The van der Waals surface area contributed by atoms with E-state index in [1.807, 2.05) is 47.2 Å². The van der Waals surface area contributed by atoms with Gasteiger partial charge in [-0.3, -0.25) is 9.59 Å². The lowest BCUT2D eigenvalue weighted by atomic mass is 9.92. The van der Waals surface area contributed by atoms with Crippen LogP contribution in [-0.2, 0) is 16.0 Å². The third-order valence-corrected chi connectivity index (χ3v) is 5.79. The first-order chi connectivity index (χ1) is 12.6. The van der Waals surface area contributed by atoms with Gasteiger partial charge in [0.2, 0.25) is 11.8 Å². The van der Waals surface area contributed by atoms with E-state index >= 15 is 0 Å². The summed E-state index contributed by atoms with van der Waals surface area (Å²) in [4.78, 5) is 28.4. The summed E-state index contributed by atoms with van der Waals surface area (Å²) in [6.45, 7) is 1.46. The number of hydrogen-bond donors (Lipinski definition) is 0. The molecule has 4 rings (SSSR count).